The van der Waals surface area contributed by atoms with Gasteiger partial charge in [0.05, 0.1) is 18.1 Å². The molecule has 3 aromatic rings. The van der Waals surface area contributed by atoms with E-state index in [0.29, 0.717) is 11.8 Å². The minimum absolute atomic E-state index is 0.280. The summed E-state index contributed by atoms with van der Waals surface area (Å²) in [5, 5.41) is 3.02. The number of rotatable bonds is 3. The van der Waals surface area contributed by atoms with Crippen molar-refractivity contribution in [2.75, 3.05) is 5.32 Å². The summed E-state index contributed by atoms with van der Waals surface area (Å²) in [6, 6.07) is 10.2. The van der Waals surface area contributed by atoms with E-state index in [1.54, 1.807) is 24.5 Å². The molecule has 0 amide bonds. The fraction of sp³-hybridized carbons (Fsp3) is 0.0667. The zero-order valence-corrected chi connectivity index (χ0v) is 10.8. The smallest absolute Gasteiger partial charge is 0.299 e. The van der Waals surface area contributed by atoms with Crippen molar-refractivity contribution >= 4 is 11.7 Å². The van der Waals surface area contributed by atoms with Crippen LogP contribution in [0.5, 0.6) is 0 Å². The second-order valence-electron chi connectivity index (χ2n) is 4.35. The second-order valence-corrected chi connectivity index (χ2v) is 4.35. The quantitative estimate of drug-likeness (QED) is 0.782. The molecule has 0 saturated heterocycles. The lowest BCUT2D eigenvalue weighted by Crippen LogP contribution is -1.91. The van der Waals surface area contributed by atoms with Gasteiger partial charge in [0.25, 0.3) is 6.01 Å². The molecule has 0 aliphatic carbocycles. The first-order chi connectivity index (χ1) is 9.70. The van der Waals surface area contributed by atoms with E-state index < -0.39 is 0 Å². The molecule has 0 aliphatic heterocycles. The molecule has 1 N–H and O–H groups in total. The number of pyridine rings is 1. The van der Waals surface area contributed by atoms with Gasteiger partial charge in [-0.3, -0.25) is 4.98 Å². The Morgan fingerprint density at radius 2 is 1.80 bits per heavy atom. The van der Waals surface area contributed by atoms with Gasteiger partial charge in [0, 0.05) is 11.3 Å². The summed E-state index contributed by atoms with van der Waals surface area (Å²) in [4.78, 5) is 8.31. The molecule has 100 valence electrons. The molecule has 0 aliphatic rings. The Morgan fingerprint density at radius 3 is 2.50 bits per heavy atom. The Morgan fingerprint density at radius 1 is 1.00 bits per heavy atom. The van der Waals surface area contributed by atoms with Crippen LogP contribution < -0.4 is 5.32 Å². The van der Waals surface area contributed by atoms with Gasteiger partial charge in [-0.2, -0.15) is 0 Å². The Kier molecular flexibility index (Phi) is 3.16. The number of halogens is 1. The van der Waals surface area contributed by atoms with Crippen molar-refractivity contribution in [2.24, 2.45) is 0 Å². The third-order valence-corrected chi connectivity index (χ3v) is 2.80. The molecular formula is C15H12FN3O. The first kappa shape index (κ1) is 12.3. The predicted octanol–water partition coefficient (Wildman–Crippen LogP) is 3.93. The zero-order valence-electron chi connectivity index (χ0n) is 10.8. The first-order valence-electron chi connectivity index (χ1n) is 6.12. The number of hydrogen-bond donors (Lipinski definition) is 1. The van der Waals surface area contributed by atoms with E-state index in [-0.39, 0.29) is 5.82 Å². The van der Waals surface area contributed by atoms with E-state index in [2.05, 4.69) is 15.3 Å². The van der Waals surface area contributed by atoms with Gasteiger partial charge in [0.2, 0.25) is 0 Å². The lowest BCUT2D eigenvalue weighted by atomic mass is 10.2. The second kappa shape index (κ2) is 5.13. The van der Waals surface area contributed by atoms with Crippen LogP contribution in [0.4, 0.5) is 16.1 Å². The maximum atomic E-state index is 12.9. The maximum absolute atomic E-state index is 12.9. The van der Waals surface area contributed by atoms with Crippen molar-refractivity contribution < 1.29 is 8.81 Å². The highest BCUT2D eigenvalue weighted by Gasteiger charge is 2.06. The van der Waals surface area contributed by atoms with Crippen LogP contribution in [-0.4, -0.2) is 9.97 Å². The highest BCUT2D eigenvalue weighted by Crippen LogP contribution is 2.24. The Balaban J connectivity index is 1.80. The molecule has 2 heterocycles. The maximum Gasteiger partial charge on any atom is 0.299 e. The van der Waals surface area contributed by atoms with Crippen LogP contribution in [-0.2, 0) is 0 Å². The minimum Gasteiger partial charge on any atom is -0.423 e. The fourth-order valence-electron chi connectivity index (χ4n) is 1.74. The van der Waals surface area contributed by atoms with E-state index in [9.17, 15) is 4.39 Å². The molecule has 20 heavy (non-hydrogen) atoms. The number of nitrogens with zero attached hydrogens (tertiary/aromatic N) is 2. The summed E-state index contributed by atoms with van der Waals surface area (Å²) in [6.45, 7) is 1.92. The number of aromatic nitrogens is 2. The van der Waals surface area contributed by atoms with Gasteiger partial charge in [-0.25, -0.2) is 9.37 Å². The topological polar surface area (TPSA) is 51.0 Å². The SMILES string of the molecule is Cc1ccc(Nc2ncc(-c3ccc(F)cc3)o2)cn1. The van der Waals surface area contributed by atoms with Crippen LogP contribution in [0.3, 0.4) is 0 Å². The molecule has 5 heteroatoms. The normalized spacial score (nSPS) is 10.5. The lowest BCUT2D eigenvalue weighted by Gasteiger charge is -2.01. The summed E-state index contributed by atoms with van der Waals surface area (Å²) in [7, 11) is 0. The molecule has 0 bridgehead atoms. The standard InChI is InChI=1S/C15H12FN3O/c1-10-2-7-13(8-17-10)19-15-18-9-14(20-15)11-3-5-12(16)6-4-11/h2-9H,1H3,(H,18,19). The first-order valence-corrected chi connectivity index (χ1v) is 6.12. The summed E-state index contributed by atoms with van der Waals surface area (Å²) in [6.07, 6.45) is 3.30. The Labute approximate surface area is 115 Å². The largest absolute Gasteiger partial charge is 0.423 e. The van der Waals surface area contributed by atoms with Gasteiger partial charge in [-0.15, -0.1) is 0 Å². The summed E-state index contributed by atoms with van der Waals surface area (Å²) >= 11 is 0. The van der Waals surface area contributed by atoms with E-state index in [0.717, 1.165) is 16.9 Å². The molecule has 0 atom stereocenters. The van der Waals surface area contributed by atoms with Crippen molar-refractivity contribution in [3.05, 3.63) is 60.3 Å². The third kappa shape index (κ3) is 2.66. The average molecular weight is 269 g/mol. The number of benzene rings is 1. The van der Waals surface area contributed by atoms with Crippen LogP contribution >= 0.6 is 0 Å². The summed E-state index contributed by atoms with van der Waals surface area (Å²) in [5.41, 5.74) is 2.51. The zero-order chi connectivity index (χ0) is 13.9. The van der Waals surface area contributed by atoms with Gasteiger partial charge in [0.1, 0.15) is 5.82 Å². The molecular weight excluding hydrogens is 257 g/mol. The van der Waals surface area contributed by atoms with Gasteiger partial charge < -0.3 is 9.73 Å². The van der Waals surface area contributed by atoms with Gasteiger partial charge in [0.15, 0.2) is 5.76 Å². The van der Waals surface area contributed by atoms with Crippen molar-refractivity contribution in [3.8, 4) is 11.3 Å². The highest BCUT2D eigenvalue weighted by molar-refractivity contribution is 5.59. The van der Waals surface area contributed by atoms with Crippen LogP contribution in [0.25, 0.3) is 11.3 Å². The van der Waals surface area contributed by atoms with Crippen molar-refractivity contribution in [2.45, 2.75) is 6.92 Å². The Bertz CT molecular complexity index is 705. The predicted molar refractivity (Wildman–Crippen MR) is 74.2 cm³/mol. The number of aryl methyl sites for hydroxylation is 1. The van der Waals surface area contributed by atoms with Crippen LogP contribution in [0.1, 0.15) is 5.69 Å². The lowest BCUT2D eigenvalue weighted by molar-refractivity contribution is 0.591. The number of hydrogen-bond acceptors (Lipinski definition) is 4. The Hall–Kier alpha value is -2.69. The molecule has 1 aromatic carbocycles. The molecule has 0 spiro atoms. The third-order valence-electron chi connectivity index (χ3n) is 2.80. The van der Waals surface area contributed by atoms with Crippen LogP contribution in [0.2, 0.25) is 0 Å². The van der Waals surface area contributed by atoms with Crippen molar-refractivity contribution in [3.63, 3.8) is 0 Å². The van der Waals surface area contributed by atoms with E-state index in [1.165, 1.54) is 12.1 Å². The number of nitrogens with one attached hydrogen (secondary N) is 1. The minimum atomic E-state index is -0.280. The van der Waals surface area contributed by atoms with E-state index in [4.69, 9.17) is 4.42 Å². The fourth-order valence-corrected chi connectivity index (χ4v) is 1.74. The van der Waals surface area contributed by atoms with Crippen LogP contribution in [0, 0.1) is 12.7 Å². The molecule has 3 rings (SSSR count). The van der Waals surface area contributed by atoms with E-state index in [1.807, 2.05) is 19.1 Å². The molecule has 0 saturated carbocycles. The molecule has 2 aromatic heterocycles. The monoisotopic (exact) mass is 269 g/mol. The molecule has 0 radical (unpaired) electrons. The average Bonchev–Trinajstić information content (AvgIpc) is 2.91. The number of oxazole rings is 1. The van der Waals surface area contributed by atoms with Crippen molar-refractivity contribution in [1.29, 1.82) is 0 Å². The molecule has 4 nitrogen and oxygen atoms in total. The van der Waals surface area contributed by atoms with Gasteiger partial charge in [-0.05, 0) is 43.3 Å². The summed E-state index contributed by atoms with van der Waals surface area (Å²) < 4.78 is 18.4. The highest BCUT2D eigenvalue weighted by atomic mass is 19.1. The van der Waals surface area contributed by atoms with Crippen molar-refractivity contribution in [1.82, 2.24) is 9.97 Å². The van der Waals surface area contributed by atoms with Crippen LogP contribution in [0.15, 0.2) is 53.2 Å². The van der Waals surface area contributed by atoms with Gasteiger partial charge in [-0.1, -0.05) is 0 Å². The summed E-state index contributed by atoms with van der Waals surface area (Å²) in [5.74, 6) is 0.296. The molecule has 0 unspecified atom stereocenters. The number of anilines is 2. The van der Waals surface area contributed by atoms with Gasteiger partial charge >= 0.3 is 0 Å². The van der Waals surface area contributed by atoms with E-state index >= 15 is 0 Å². The molecule has 0 fully saturated rings.